The lowest BCUT2D eigenvalue weighted by Crippen LogP contribution is -2.43. The van der Waals surface area contributed by atoms with Gasteiger partial charge >= 0.3 is 0 Å². The summed E-state index contributed by atoms with van der Waals surface area (Å²) in [5.74, 6) is -0.463. The Balaban J connectivity index is 1.79. The molecule has 2 aromatic carbocycles. The van der Waals surface area contributed by atoms with E-state index in [0.29, 0.717) is 5.02 Å². The molecule has 0 aliphatic carbocycles. The summed E-state index contributed by atoms with van der Waals surface area (Å²) in [4.78, 5) is 28.4. The van der Waals surface area contributed by atoms with Crippen molar-refractivity contribution in [3.8, 4) is 0 Å². The molecule has 1 unspecified atom stereocenters. The van der Waals surface area contributed by atoms with Crippen LogP contribution in [0.5, 0.6) is 0 Å². The molecular formula is C21H22ClN3O2. The minimum absolute atomic E-state index is 0.0172. The van der Waals surface area contributed by atoms with E-state index in [1.54, 1.807) is 12.3 Å². The minimum atomic E-state index is -0.741. The lowest BCUT2D eigenvalue weighted by atomic mass is 10.0. The third-order valence-electron chi connectivity index (χ3n) is 4.21. The topological polar surface area (TPSA) is 74.0 Å². The van der Waals surface area contributed by atoms with Gasteiger partial charge in [0.15, 0.2) is 0 Å². The number of hydrogen-bond acceptors (Lipinski definition) is 2. The number of amides is 2. The molecule has 1 heterocycles. The van der Waals surface area contributed by atoms with Crippen molar-refractivity contribution in [2.24, 2.45) is 0 Å². The molecule has 0 spiro atoms. The Kier molecular flexibility index (Phi) is 5.81. The van der Waals surface area contributed by atoms with Crippen LogP contribution in [-0.2, 0) is 16.0 Å². The summed E-state index contributed by atoms with van der Waals surface area (Å²) < 4.78 is 0. The SMILES string of the molecule is CC(C)NC(=O)C(NC(=O)Cc1c[nH]c2ccc(Cl)cc12)c1ccccc1. The summed E-state index contributed by atoms with van der Waals surface area (Å²) in [6.07, 6.45) is 1.95. The van der Waals surface area contributed by atoms with Crippen LogP contribution in [0.3, 0.4) is 0 Å². The smallest absolute Gasteiger partial charge is 0.247 e. The van der Waals surface area contributed by atoms with Gasteiger partial charge < -0.3 is 15.6 Å². The van der Waals surface area contributed by atoms with Crippen LogP contribution in [0.25, 0.3) is 10.9 Å². The number of carbonyl (C=O) groups is 2. The van der Waals surface area contributed by atoms with Gasteiger partial charge in [0.05, 0.1) is 6.42 Å². The van der Waals surface area contributed by atoms with Crippen molar-refractivity contribution in [3.63, 3.8) is 0 Å². The molecule has 0 bridgehead atoms. The number of benzene rings is 2. The van der Waals surface area contributed by atoms with Gasteiger partial charge in [-0.25, -0.2) is 0 Å². The fourth-order valence-electron chi connectivity index (χ4n) is 3.00. The number of H-pyrrole nitrogens is 1. The number of hydrogen-bond donors (Lipinski definition) is 3. The molecule has 0 fully saturated rings. The number of halogens is 1. The van der Waals surface area contributed by atoms with Crippen LogP contribution >= 0.6 is 11.6 Å². The molecule has 2 amide bonds. The monoisotopic (exact) mass is 383 g/mol. The highest BCUT2D eigenvalue weighted by Gasteiger charge is 2.23. The fraction of sp³-hybridized carbons (Fsp3) is 0.238. The van der Waals surface area contributed by atoms with Crippen molar-refractivity contribution >= 4 is 34.3 Å². The standard InChI is InChI=1S/C21H22ClN3O2/c1-13(2)24-21(27)20(14-6-4-3-5-7-14)25-19(26)10-15-12-23-18-9-8-16(22)11-17(15)18/h3-9,11-13,20,23H,10H2,1-2H3,(H,24,27)(H,25,26). The number of aromatic nitrogens is 1. The summed E-state index contributed by atoms with van der Waals surface area (Å²) >= 11 is 6.07. The molecule has 27 heavy (non-hydrogen) atoms. The molecule has 0 saturated heterocycles. The maximum Gasteiger partial charge on any atom is 0.247 e. The van der Waals surface area contributed by atoms with Crippen molar-refractivity contribution in [3.05, 3.63) is 70.9 Å². The van der Waals surface area contributed by atoms with E-state index < -0.39 is 6.04 Å². The van der Waals surface area contributed by atoms with Crippen molar-refractivity contribution in [1.82, 2.24) is 15.6 Å². The number of nitrogens with one attached hydrogen (secondary N) is 3. The molecule has 0 saturated carbocycles. The van der Waals surface area contributed by atoms with E-state index in [-0.39, 0.29) is 24.3 Å². The average molecular weight is 384 g/mol. The molecule has 3 aromatic rings. The van der Waals surface area contributed by atoms with Crippen LogP contribution in [0.1, 0.15) is 31.0 Å². The molecule has 140 valence electrons. The Bertz CT molecular complexity index is 950. The van der Waals surface area contributed by atoms with E-state index in [1.807, 2.05) is 56.3 Å². The van der Waals surface area contributed by atoms with Crippen LogP contribution in [0.15, 0.2) is 54.7 Å². The van der Waals surface area contributed by atoms with Crippen LogP contribution in [-0.4, -0.2) is 22.8 Å². The number of rotatable bonds is 6. The Morgan fingerprint density at radius 1 is 1.07 bits per heavy atom. The molecule has 1 atom stereocenters. The first-order valence-electron chi connectivity index (χ1n) is 8.84. The molecule has 0 aliphatic rings. The summed E-state index contributed by atoms with van der Waals surface area (Å²) in [5.41, 5.74) is 2.49. The summed E-state index contributed by atoms with van der Waals surface area (Å²) in [6.45, 7) is 3.77. The van der Waals surface area contributed by atoms with Crippen LogP contribution in [0.4, 0.5) is 0 Å². The third kappa shape index (κ3) is 4.68. The zero-order valence-electron chi connectivity index (χ0n) is 15.3. The van der Waals surface area contributed by atoms with Gasteiger partial charge in [-0.05, 0) is 43.2 Å². The molecule has 6 heteroatoms. The second kappa shape index (κ2) is 8.27. The van der Waals surface area contributed by atoms with E-state index in [9.17, 15) is 9.59 Å². The first-order valence-corrected chi connectivity index (χ1v) is 9.22. The summed E-state index contributed by atoms with van der Waals surface area (Å²) in [7, 11) is 0. The van der Waals surface area contributed by atoms with Crippen LogP contribution in [0.2, 0.25) is 5.02 Å². The van der Waals surface area contributed by atoms with Gasteiger partial charge in [-0.1, -0.05) is 41.9 Å². The number of carbonyl (C=O) groups excluding carboxylic acids is 2. The van der Waals surface area contributed by atoms with Crippen molar-refractivity contribution < 1.29 is 9.59 Å². The fourth-order valence-corrected chi connectivity index (χ4v) is 3.17. The Labute approximate surface area is 163 Å². The van der Waals surface area contributed by atoms with E-state index >= 15 is 0 Å². The van der Waals surface area contributed by atoms with Gasteiger partial charge in [0.2, 0.25) is 11.8 Å². The van der Waals surface area contributed by atoms with Gasteiger partial charge in [-0.2, -0.15) is 0 Å². The maximum atomic E-state index is 12.7. The lowest BCUT2D eigenvalue weighted by Gasteiger charge is -2.20. The summed E-state index contributed by atoms with van der Waals surface area (Å²) in [6, 6.07) is 14.0. The van der Waals surface area contributed by atoms with Gasteiger partial charge in [-0.15, -0.1) is 0 Å². The van der Waals surface area contributed by atoms with Gasteiger partial charge in [0.25, 0.3) is 0 Å². The largest absolute Gasteiger partial charge is 0.361 e. The third-order valence-corrected chi connectivity index (χ3v) is 4.45. The van der Waals surface area contributed by atoms with Crippen molar-refractivity contribution in [1.29, 1.82) is 0 Å². The zero-order valence-corrected chi connectivity index (χ0v) is 16.0. The predicted octanol–water partition coefficient (Wildman–Crippen LogP) is 3.75. The Hall–Kier alpha value is -2.79. The Morgan fingerprint density at radius 2 is 1.81 bits per heavy atom. The molecule has 3 N–H and O–H groups in total. The van der Waals surface area contributed by atoms with E-state index in [0.717, 1.165) is 22.0 Å². The van der Waals surface area contributed by atoms with Crippen molar-refractivity contribution in [2.75, 3.05) is 0 Å². The lowest BCUT2D eigenvalue weighted by molar-refractivity contribution is -0.129. The predicted molar refractivity (Wildman–Crippen MR) is 108 cm³/mol. The highest BCUT2D eigenvalue weighted by atomic mass is 35.5. The normalized spacial score (nSPS) is 12.1. The van der Waals surface area contributed by atoms with Crippen LogP contribution in [0, 0.1) is 0 Å². The second-order valence-electron chi connectivity index (χ2n) is 6.76. The van der Waals surface area contributed by atoms with E-state index in [2.05, 4.69) is 15.6 Å². The van der Waals surface area contributed by atoms with E-state index in [4.69, 9.17) is 11.6 Å². The van der Waals surface area contributed by atoms with E-state index in [1.165, 1.54) is 0 Å². The van der Waals surface area contributed by atoms with Crippen LogP contribution < -0.4 is 10.6 Å². The van der Waals surface area contributed by atoms with Gasteiger partial charge in [0, 0.05) is 28.2 Å². The maximum absolute atomic E-state index is 12.7. The second-order valence-corrected chi connectivity index (χ2v) is 7.19. The molecular weight excluding hydrogens is 362 g/mol. The molecule has 0 radical (unpaired) electrons. The number of aromatic amines is 1. The highest BCUT2D eigenvalue weighted by molar-refractivity contribution is 6.31. The molecule has 5 nitrogen and oxygen atoms in total. The first-order chi connectivity index (χ1) is 12.9. The molecule has 0 aliphatic heterocycles. The van der Waals surface area contributed by atoms with Gasteiger partial charge in [0.1, 0.15) is 6.04 Å². The molecule has 1 aromatic heterocycles. The zero-order chi connectivity index (χ0) is 19.4. The van der Waals surface area contributed by atoms with Crippen molar-refractivity contribution in [2.45, 2.75) is 32.4 Å². The molecule has 3 rings (SSSR count). The minimum Gasteiger partial charge on any atom is -0.361 e. The Morgan fingerprint density at radius 3 is 2.52 bits per heavy atom. The van der Waals surface area contributed by atoms with Gasteiger partial charge in [-0.3, -0.25) is 9.59 Å². The average Bonchev–Trinajstić information content (AvgIpc) is 3.01. The first kappa shape index (κ1) is 19.0. The number of fused-ring (bicyclic) bond motifs is 1. The highest BCUT2D eigenvalue weighted by Crippen LogP contribution is 2.23. The quantitative estimate of drug-likeness (QED) is 0.606. The summed E-state index contributed by atoms with van der Waals surface area (Å²) in [5, 5.41) is 7.24.